The number of anilines is 2. The largest absolute Gasteiger partial charge is 0.494 e. The predicted octanol–water partition coefficient (Wildman–Crippen LogP) is 10.3. The van der Waals surface area contributed by atoms with Crippen LogP contribution in [0.3, 0.4) is 0 Å². The maximum atomic E-state index is 12.8. The lowest BCUT2D eigenvalue weighted by Gasteiger charge is -2.27. The fourth-order valence-electron chi connectivity index (χ4n) is 8.14. The summed E-state index contributed by atoms with van der Waals surface area (Å²) in [4.78, 5) is 30.1. The Morgan fingerprint density at radius 1 is 0.550 bits per heavy atom. The molecular formula is C59H70F6N10O5. The van der Waals surface area contributed by atoms with Crippen molar-refractivity contribution in [1.29, 1.82) is 0 Å². The number of nitrogens with zero attached hydrogens (tertiary/aromatic N) is 4. The first kappa shape index (κ1) is 60.0. The van der Waals surface area contributed by atoms with Gasteiger partial charge in [0.2, 0.25) is 17.7 Å². The zero-order valence-corrected chi connectivity index (χ0v) is 45.5. The minimum Gasteiger partial charge on any atom is -0.494 e. The number of hydrogen-bond acceptors (Lipinski definition) is 14. The Balaban J connectivity index is 0.000000231. The average molecular weight is 1110 g/mol. The van der Waals surface area contributed by atoms with E-state index < -0.39 is 25.6 Å². The van der Waals surface area contributed by atoms with Crippen molar-refractivity contribution < 1.29 is 50.1 Å². The van der Waals surface area contributed by atoms with E-state index in [1.807, 2.05) is 72.8 Å². The molecule has 8 aliphatic rings. The Morgan fingerprint density at radius 2 is 1.04 bits per heavy atom. The first-order chi connectivity index (χ1) is 38.1. The summed E-state index contributed by atoms with van der Waals surface area (Å²) < 4.78 is 98.3. The molecule has 0 aliphatic carbocycles. The summed E-state index contributed by atoms with van der Waals surface area (Å²) in [6, 6.07) is 32.8. The molecule has 0 unspecified atom stereocenters. The maximum absolute atomic E-state index is 12.8. The Bertz CT molecular complexity index is 2730. The van der Waals surface area contributed by atoms with Gasteiger partial charge in [-0.1, -0.05) is 94.9 Å². The Labute approximate surface area is 463 Å². The Hall–Kier alpha value is -7.65. The molecular weight excluding hydrogens is 1040 g/mol. The van der Waals surface area contributed by atoms with E-state index in [-0.39, 0.29) is 34.4 Å². The number of carbonyl (C=O) groups excluding carboxylic acids is 1. The van der Waals surface area contributed by atoms with Gasteiger partial charge in [0.05, 0.1) is 18.9 Å². The molecule has 14 rings (SSSR count). The lowest BCUT2D eigenvalue weighted by molar-refractivity contribution is -0.154. The van der Waals surface area contributed by atoms with Crippen LogP contribution in [0.15, 0.2) is 116 Å². The number of carbonyl (C=O) groups is 1. The summed E-state index contributed by atoms with van der Waals surface area (Å²) in [5.74, 6) is 1.90. The molecule has 6 aromatic rings. The number of rotatable bonds is 4. The van der Waals surface area contributed by atoms with Crippen LogP contribution in [0, 0.1) is 10.8 Å². The molecule has 0 atom stereocenters. The lowest BCUT2D eigenvalue weighted by atomic mass is 9.93. The molecule has 1 amide bonds. The zero-order valence-electron chi connectivity index (χ0n) is 45.5. The topological polar surface area (TPSA) is 178 Å². The molecule has 0 saturated heterocycles. The van der Waals surface area contributed by atoms with Gasteiger partial charge in [-0.25, -0.2) is 9.97 Å². The van der Waals surface area contributed by atoms with Crippen LogP contribution < -0.4 is 50.8 Å². The predicted molar refractivity (Wildman–Crippen MR) is 296 cm³/mol. The molecule has 2 aromatic heterocycles. The monoisotopic (exact) mass is 1110 g/mol. The van der Waals surface area contributed by atoms with Gasteiger partial charge in [-0.2, -0.15) is 36.3 Å². The van der Waals surface area contributed by atoms with E-state index in [0.29, 0.717) is 68.6 Å². The second kappa shape index (κ2) is 28.0. The number of hydrogen-bond donors (Lipinski definition) is 6. The number of halogens is 6. The van der Waals surface area contributed by atoms with Crippen molar-refractivity contribution in [2.24, 2.45) is 10.8 Å². The summed E-state index contributed by atoms with van der Waals surface area (Å²) in [5.41, 5.74) is 6.25. The molecule has 0 fully saturated rings. The van der Waals surface area contributed by atoms with Gasteiger partial charge in [0, 0.05) is 75.5 Å². The molecule has 80 heavy (non-hydrogen) atoms. The second-order valence-corrected chi connectivity index (χ2v) is 21.2. The van der Waals surface area contributed by atoms with Crippen LogP contribution in [-0.4, -0.2) is 104 Å². The van der Waals surface area contributed by atoms with E-state index >= 15 is 0 Å². The molecule has 12 bridgehead atoms. The van der Waals surface area contributed by atoms with Crippen LogP contribution in [0.1, 0.15) is 90.2 Å². The number of ether oxygens (including phenoxy) is 4. The molecule has 0 spiro atoms. The second-order valence-electron chi connectivity index (χ2n) is 21.2. The summed E-state index contributed by atoms with van der Waals surface area (Å²) in [5, 5.41) is 19.6. The van der Waals surface area contributed by atoms with Gasteiger partial charge < -0.3 is 50.8 Å². The summed E-state index contributed by atoms with van der Waals surface area (Å²) in [6.07, 6.45) is -6.64. The quantitative estimate of drug-likeness (QED) is 0.0919. The summed E-state index contributed by atoms with van der Waals surface area (Å²) in [7, 11) is 0. The number of nitrogens with one attached hydrogen (secondary N) is 6. The Morgan fingerprint density at radius 3 is 1.59 bits per heavy atom. The molecule has 8 aliphatic heterocycles. The number of benzene rings is 4. The minimum atomic E-state index is -4.50. The van der Waals surface area contributed by atoms with Crippen LogP contribution in [0.25, 0.3) is 5.70 Å². The summed E-state index contributed by atoms with van der Waals surface area (Å²) in [6.45, 7) is 16.3. The molecule has 428 valence electrons. The highest BCUT2D eigenvalue weighted by molar-refractivity contribution is 5.94. The standard InChI is InChI=1S/C30H36F3N5O2.C29H34F3N5O3/c1-21-24-9-5-22(6-10-24)15-27-37-26(16-28(38-27)40-20-30(31,32)33)35-17-23-7-11-25(12-8-23)39-14-4-13-34-18-29(2,3)19-36-21;1-28(2)17-33-12-3-13-39-24-10-6-21(7-11-24)16-34-27-36-23(15-25(37-27)40-19-29(30,31)32)14-20-4-8-22(9-5-20)26(38)35-18-28/h5-12,16,34,36H,1,4,13-15,17-20H2,2-3H3,(H,35,37,38);4-11,15,33H,3,12-14,16-19H2,1-2H3,(H,35,38)(H,34,36,37). The summed E-state index contributed by atoms with van der Waals surface area (Å²) >= 11 is 0. The maximum Gasteiger partial charge on any atom is 0.422 e. The molecule has 15 nitrogen and oxygen atoms in total. The smallest absolute Gasteiger partial charge is 0.422 e. The third kappa shape index (κ3) is 21.2. The fourth-order valence-corrected chi connectivity index (χ4v) is 8.14. The number of aromatic nitrogens is 4. The van der Waals surface area contributed by atoms with Gasteiger partial charge in [-0.3, -0.25) is 4.79 Å². The van der Waals surface area contributed by atoms with E-state index in [1.165, 1.54) is 12.1 Å². The highest BCUT2D eigenvalue weighted by Gasteiger charge is 2.30. The van der Waals surface area contributed by atoms with Crippen molar-refractivity contribution in [3.05, 3.63) is 161 Å². The SMILES string of the molecule is C=C1NCC(C)(C)CNCCCOc2ccc(cc2)CNc2cc(OCC(F)(F)F)nc(n2)Cc2ccc1cc2.CC1(C)CNCCCOc2ccc(cc2)CNc2nc(cc(OCC(F)(F)F)n2)Cc2ccc(cc2)C(=O)NC1. The number of amides is 1. The van der Waals surface area contributed by atoms with Gasteiger partial charge in [0.25, 0.3) is 5.91 Å². The lowest BCUT2D eigenvalue weighted by Crippen LogP contribution is -2.40. The third-order valence-corrected chi connectivity index (χ3v) is 12.6. The van der Waals surface area contributed by atoms with E-state index in [2.05, 4.69) is 86.1 Å². The van der Waals surface area contributed by atoms with Crippen molar-refractivity contribution in [2.75, 3.05) is 76.3 Å². The third-order valence-electron chi connectivity index (χ3n) is 12.6. The van der Waals surface area contributed by atoms with E-state index in [4.69, 9.17) is 18.9 Å². The molecule has 21 heteroatoms. The van der Waals surface area contributed by atoms with Crippen LogP contribution in [0.5, 0.6) is 23.3 Å². The Kier molecular flexibility index (Phi) is 21.0. The van der Waals surface area contributed by atoms with Crippen molar-refractivity contribution in [2.45, 2.75) is 78.8 Å². The van der Waals surface area contributed by atoms with Crippen LogP contribution in [0.2, 0.25) is 0 Å². The molecule has 0 saturated carbocycles. The molecule has 10 heterocycles. The fraction of sp³-hybridized carbons (Fsp3) is 0.407. The van der Waals surface area contributed by atoms with Crippen LogP contribution in [-0.2, 0) is 25.9 Å². The van der Waals surface area contributed by atoms with E-state index in [9.17, 15) is 31.1 Å². The van der Waals surface area contributed by atoms with E-state index in [1.54, 1.807) is 24.3 Å². The normalized spacial score (nSPS) is 16.8. The molecule has 6 N–H and O–H groups in total. The zero-order chi connectivity index (χ0) is 57.2. The average Bonchev–Trinajstić information content (AvgIpc) is 3.43. The van der Waals surface area contributed by atoms with Crippen molar-refractivity contribution in [3.8, 4) is 23.3 Å². The van der Waals surface area contributed by atoms with Gasteiger partial charge in [0.1, 0.15) is 23.1 Å². The molecule has 4 aromatic carbocycles. The number of alkyl halides is 6. The van der Waals surface area contributed by atoms with Crippen LogP contribution >= 0.6 is 0 Å². The van der Waals surface area contributed by atoms with Crippen molar-refractivity contribution in [1.82, 2.24) is 41.2 Å². The van der Waals surface area contributed by atoms with Gasteiger partial charge in [-0.05, 0) is 101 Å². The first-order valence-electron chi connectivity index (χ1n) is 26.5. The van der Waals surface area contributed by atoms with Gasteiger partial charge in [0.15, 0.2) is 13.2 Å². The highest BCUT2D eigenvalue weighted by atomic mass is 19.4. The first-order valence-corrected chi connectivity index (χ1v) is 26.5. The molecule has 0 radical (unpaired) electrons. The van der Waals surface area contributed by atoms with Crippen LogP contribution in [0.4, 0.5) is 38.1 Å². The van der Waals surface area contributed by atoms with E-state index in [0.717, 1.165) is 90.6 Å². The highest BCUT2D eigenvalue weighted by Crippen LogP contribution is 2.25. The van der Waals surface area contributed by atoms with Gasteiger partial charge >= 0.3 is 12.4 Å². The minimum absolute atomic E-state index is 0.00954. The van der Waals surface area contributed by atoms with Gasteiger partial charge in [-0.15, -0.1) is 0 Å². The van der Waals surface area contributed by atoms with Crippen molar-refractivity contribution >= 4 is 23.4 Å². The van der Waals surface area contributed by atoms with Crippen molar-refractivity contribution in [3.63, 3.8) is 0 Å².